The highest BCUT2D eigenvalue weighted by atomic mass is 32.2. The summed E-state index contributed by atoms with van der Waals surface area (Å²) < 4.78 is 30.2. The Bertz CT molecular complexity index is 616. The summed E-state index contributed by atoms with van der Waals surface area (Å²) in [6.07, 6.45) is 2.12. The second-order valence-corrected chi connectivity index (χ2v) is 8.17. The van der Waals surface area contributed by atoms with Crippen molar-refractivity contribution in [3.8, 4) is 5.75 Å². The fourth-order valence-electron chi connectivity index (χ4n) is 3.00. The second-order valence-electron chi connectivity index (χ2n) is 6.19. The maximum absolute atomic E-state index is 11.6. The SMILES string of the molecule is COc1ccc(C)cc1CNC1CCN(S(C)(=O)=O)CC1C. The van der Waals surface area contributed by atoms with E-state index in [9.17, 15) is 8.42 Å². The van der Waals surface area contributed by atoms with Crippen LogP contribution in [0.5, 0.6) is 5.75 Å². The number of hydrogen-bond donors (Lipinski definition) is 1. The van der Waals surface area contributed by atoms with Crippen molar-refractivity contribution in [1.29, 1.82) is 0 Å². The molecule has 2 atom stereocenters. The molecule has 2 rings (SSSR count). The maximum atomic E-state index is 11.6. The van der Waals surface area contributed by atoms with E-state index in [0.717, 1.165) is 24.3 Å². The Morgan fingerprint density at radius 1 is 1.41 bits per heavy atom. The second kappa shape index (κ2) is 6.98. The standard InChI is InChI=1S/C16H26N2O3S/c1-12-5-6-16(21-3)14(9-12)10-17-15-7-8-18(11-13(15)2)22(4,19)20/h5-6,9,13,15,17H,7-8,10-11H2,1-4H3. The van der Waals surface area contributed by atoms with Crippen molar-refractivity contribution in [2.24, 2.45) is 5.92 Å². The molecule has 1 aliphatic heterocycles. The number of aryl methyl sites for hydroxylation is 1. The van der Waals surface area contributed by atoms with Gasteiger partial charge in [-0.15, -0.1) is 0 Å². The number of nitrogens with one attached hydrogen (secondary N) is 1. The molecule has 0 radical (unpaired) electrons. The summed E-state index contributed by atoms with van der Waals surface area (Å²) >= 11 is 0. The van der Waals surface area contributed by atoms with Gasteiger partial charge in [0.15, 0.2) is 0 Å². The van der Waals surface area contributed by atoms with Gasteiger partial charge in [0, 0.05) is 31.2 Å². The van der Waals surface area contributed by atoms with E-state index in [4.69, 9.17) is 4.74 Å². The quantitative estimate of drug-likeness (QED) is 0.896. The highest BCUT2D eigenvalue weighted by Crippen LogP contribution is 2.22. The van der Waals surface area contributed by atoms with Crippen molar-refractivity contribution >= 4 is 10.0 Å². The zero-order chi connectivity index (χ0) is 16.3. The van der Waals surface area contributed by atoms with E-state index in [1.807, 2.05) is 12.1 Å². The van der Waals surface area contributed by atoms with Gasteiger partial charge in [-0.3, -0.25) is 0 Å². The van der Waals surface area contributed by atoms with Crippen LogP contribution in [-0.4, -0.2) is 45.2 Å². The third-order valence-electron chi connectivity index (χ3n) is 4.33. The highest BCUT2D eigenvalue weighted by Gasteiger charge is 2.30. The minimum Gasteiger partial charge on any atom is -0.496 e. The van der Waals surface area contributed by atoms with Crippen LogP contribution >= 0.6 is 0 Å². The van der Waals surface area contributed by atoms with Gasteiger partial charge in [0.2, 0.25) is 10.0 Å². The van der Waals surface area contributed by atoms with E-state index in [1.54, 1.807) is 11.4 Å². The highest BCUT2D eigenvalue weighted by molar-refractivity contribution is 7.88. The van der Waals surface area contributed by atoms with Crippen molar-refractivity contribution in [3.05, 3.63) is 29.3 Å². The molecule has 1 aromatic carbocycles. The number of rotatable bonds is 5. The fraction of sp³-hybridized carbons (Fsp3) is 0.625. The predicted molar refractivity (Wildman–Crippen MR) is 88.6 cm³/mol. The van der Waals surface area contributed by atoms with Crippen LogP contribution in [0.2, 0.25) is 0 Å². The molecule has 0 saturated carbocycles. The molecule has 1 heterocycles. The van der Waals surface area contributed by atoms with Crippen LogP contribution in [0.4, 0.5) is 0 Å². The topological polar surface area (TPSA) is 58.6 Å². The lowest BCUT2D eigenvalue weighted by atomic mass is 9.95. The maximum Gasteiger partial charge on any atom is 0.211 e. The van der Waals surface area contributed by atoms with Gasteiger partial charge >= 0.3 is 0 Å². The number of sulfonamides is 1. The molecule has 1 fully saturated rings. The van der Waals surface area contributed by atoms with Crippen molar-refractivity contribution in [2.45, 2.75) is 32.9 Å². The summed E-state index contributed by atoms with van der Waals surface area (Å²) in [4.78, 5) is 0. The Morgan fingerprint density at radius 3 is 2.73 bits per heavy atom. The van der Waals surface area contributed by atoms with Crippen LogP contribution in [0.15, 0.2) is 18.2 Å². The summed E-state index contributed by atoms with van der Waals surface area (Å²) in [6, 6.07) is 6.47. The first-order chi connectivity index (χ1) is 10.3. The molecule has 124 valence electrons. The van der Waals surface area contributed by atoms with Crippen LogP contribution < -0.4 is 10.1 Å². The minimum atomic E-state index is -3.08. The van der Waals surface area contributed by atoms with E-state index in [0.29, 0.717) is 25.0 Å². The largest absolute Gasteiger partial charge is 0.496 e. The first-order valence-corrected chi connectivity index (χ1v) is 9.48. The lowest BCUT2D eigenvalue weighted by Gasteiger charge is -2.36. The van der Waals surface area contributed by atoms with Crippen molar-refractivity contribution in [3.63, 3.8) is 0 Å². The van der Waals surface area contributed by atoms with Crippen molar-refractivity contribution < 1.29 is 13.2 Å². The van der Waals surface area contributed by atoms with Crippen LogP contribution in [-0.2, 0) is 16.6 Å². The van der Waals surface area contributed by atoms with Gasteiger partial charge in [-0.1, -0.05) is 24.6 Å². The average molecular weight is 326 g/mol. The lowest BCUT2D eigenvalue weighted by molar-refractivity contribution is 0.219. The van der Waals surface area contributed by atoms with E-state index in [2.05, 4.69) is 25.2 Å². The zero-order valence-corrected chi connectivity index (χ0v) is 14.6. The van der Waals surface area contributed by atoms with Gasteiger partial charge in [0.25, 0.3) is 0 Å². The van der Waals surface area contributed by atoms with E-state index < -0.39 is 10.0 Å². The number of hydrogen-bond acceptors (Lipinski definition) is 4. The Labute approximate surface area is 133 Å². The fourth-order valence-corrected chi connectivity index (χ4v) is 3.94. The Morgan fingerprint density at radius 2 is 2.14 bits per heavy atom. The summed E-state index contributed by atoms with van der Waals surface area (Å²) in [7, 11) is -1.40. The van der Waals surface area contributed by atoms with E-state index in [1.165, 1.54) is 11.8 Å². The normalized spacial score (nSPS) is 23.5. The van der Waals surface area contributed by atoms with Crippen LogP contribution in [0.3, 0.4) is 0 Å². The number of benzene rings is 1. The van der Waals surface area contributed by atoms with Gasteiger partial charge in [-0.2, -0.15) is 0 Å². The smallest absolute Gasteiger partial charge is 0.211 e. The average Bonchev–Trinajstić information content (AvgIpc) is 2.45. The van der Waals surface area contributed by atoms with Crippen LogP contribution in [0.25, 0.3) is 0 Å². The number of piperidine rings is 1. The zero-order valence-electron chi connectivity index (χ0n) is 13.8. The summed E-state index contributed by atoms with van der Waals surface area (Å²) in [5, 5.41) is 3.56. The third kappa shape index (κ3) is 4.21. The Balaban J connectivity index is 1.97. The molecule has 5 nitrogen and oxygen atoms in total. The van der Waals surface area contributed by atoms with Crippen LogP contribution in [0.1, 0.15) is 24.5 Å². The first-order valence-electron chi connectivity index (χ1n) is 7.63. The van der Waals surface area contributed by atoms with Gasteiger partial charge in [0.05, 0.1) is 13.4 Å². The number of ether oxygens (including phenoxy) is 1. The summed E-state index contributed by atoms with van der Waals surface area (Å²) in [5.74, 6) is 1.18. The Kier molecular flexibility index (Phi) is 5.47. The molecule has 1 aromatic rings. The number of methoxy groups -OCH3 is 1. The van der Waals surface area contributed by atoms with Gasteiger partial charge < -0.3 is 10.1 Å². The first kappa shape index (κ1) is 17.2. The molecule has 1 saturated heterocycles. The molecule has 0 aliphatic carbocycles. The van der Waals surface area contributed by atoms with E-state index >= 15 is 0 Å². The summed E-state index contributed by atoms with van der Waals surface area (Å²) in [6.45, 7) is 6.07. The molecular formula is C16H26N2O3S. The molecule has 0 bridgehead atoms. The Hall–Kier alpha value is -1.11. The van der Waals surface area contributed by atoms with Gasteiger partial charge in [-0.25, -0.2) is 12.7 Å². The number of nitrogens with zero attached hydrogens (tertiary/aromatic N) is 1. The molecule has 6 heteroatoms. The van der Waals surface area contributed by atoms with Gasteiger partial charge in [-0.05, 0) is 25.3 Å². The molecule has 0 amide bonds. The molecular weight excluding hydrogens is 300 g/mol. The third-order valence-corrected chi connectivity index (χ3v) is 5.60. The molecule has 1 aliphatic rings. The molecule has 1 N–H and O–H groups in total. The predicted octanol–water partition coefficient (Wildman–Crippen LogP) is 1.76. The van der Waals surface area contributed by atoms with Crippen molar-refractivity contribution in [2.75, 3.05) is 26.5 Å². The summed E-state index contributed by atoms with van der Waals surface area (Å²) in [5.41, 5.74) is 2.35. The van der Waals surface area contributed by atoms with Crippen molar-refractivity contribution in [1.82, 2.24) is 9.62 Å². The minimum absolute atomic E-state index is 0.291. The van der Waals surface area contributed by atoms with E-state index in [-0.39, 0.29) is 0 Å². The van der Waals surface area contributed by atoms with Gasteiger partial charge in [0.1, 0.15) is 5.75 Å². The molecule has 0 spiro atoms. The molecule has 22 heavy (non-hydrogen) atoms. The molecule has 0 aromatic heterocycles. The van der Waals surface area contributed by atoms with Crippen LogP contribution in [0, 0.1) is 12.8 Å². The lowest BCUT2D eigenvalue weighted by Crippen LogP contribution is -2.49. The monoisotopic (exact) mass is 326 g/mol. The molecule has 2 unspecified atom stereocenters.